The van der Waals surface area contributed by atoms with Crippen LogP contribution in [0.2, 0.25) is 0 Å². The third kappa shape index (κ3) is 3.59. The molecule has 1 N–H and O–H groups in total. The molecule has 0 saturated heterocycles. The topological polar surface area (TPSA) is 128 Å². The van der Waals surface area contributed by atoms with Crippen LogP contribution in [0, 0.1) is 15.9 Å². The first-order chi connectivity index (χ1) is 14.0. The average Bonchev–Trinajstić information content (AvgIpc) is 2.67. The second-order valence-electron chi connectivity index (χ2n) is 5.73. The van der Waals surface area contributed by atoms with Crippen molar-refractivity contribution in [3.05, 3.63) is 69.0 Å². The highest BCUT2D eigenvalue weighted by Gasteiger charge is 2.45. The van der Waals surface area contributed by atoms with Gasteiger partial charge in [-0.05, 0) is 18.2 Å². The van der Waals surface area contributed by atoms with Gasteiger partial charge >= 0.3 is 17.8 Å². The first-order valence-electron chi connectivity index (χ1n) is 7.81. The van der Waals surface area contributed by atoms with Crippen molar-refractivity contribution in [2.45, 2.75) is 6.18 Å². The van der Waals surface area contributed by atoms with Crippen molar-refractivity contribution in [3.8, 4) is 0 Å². The quantitative estimate of drug-likeness (QED) is 0.348. The smallest absolute Gasteiger partial charge is 0.319 e. The van der Waals surface area contributed by atoms with E-state index in [1.807, 2.05) is 0 Å². The van der Waals surface area contributed by atoms with Crippen LogP contribution in [0.1, 0.15) is 26.3 Å². The Morgan fingerprint density at radius 2 is 1.80 bits per heavy atom. The summed E-state index contributed by atoms with van der Waals surface area (Å²) in [6, 6.07) is 7.23. The SMILES string of the molecule is O=C1Nc2cc(C(F)(F)F)c(F)c([N+](=O)[O-])c2C(=O)C1=NOC(=O)c1ccccc1. The highest BCUT2D eigenvalue weighted by atomic mass is 19.4. The van der Waals surface area contributed by atoms with Gasteiger partial charge in [0.05, 0.1) is 16.2 Å². The summed E-state index contributed by atoms with van der Waals surface area (Å²) in [5.41, 5.74) is -7.14. The van der Waals surface area contributed by atoms with Crippen LogP contribution in [0.15, 0.2) is 41.6 Å². The number of nitrogens with one attached hydrogen (secondary N) is 1. The van der Waals surface area contributed by atoms with E-state index in [0.717, 1.165) is 0 Å². The number of nitro benzene ring substituents is 1. The standard InChI is InChI=1S/C17H7F4N3O6/c18-11-8(17(19,20)21)6-9-10(13(11)24(28)29)14(25)12(15(26)22-9)23-30-16(27)7-4-2-1-3-5-7/h1-6H,(H,22,26). The molecular formula is C17H7F4N3O6. The summed E-state index contributed by atoms with van der Waals surface area (Å²) in [6.45, 7) is 0. The molecule has 1 aliphatic rings. The number of amides is 1. The number of benzene rings is 2. The third-order valence-electron chi connectivity index (χ3n) is 3.86. The summed E-state index contributed by atoms with van der Waals surface area (Å²) in [6.07, 6.45) is -5.34. The number of nitro groups is 1. The molecule has 13 heteroatoms. The summed E-state index contributed by atoms with van der Waals surface area (Å²) in [7, 11) is 0. The van der Waals surface area contributed by atoms with Gasteiger partial charge in [0.1, 0.15) is 11.1 Å². The highest BCUT2D eigenvalue weighted by Crippen LogP contribution is 2.41. The van der Waals surface area contributed by atoms with Gasteiger partial charge in [0.25, 0.3) is 5.91 Å². The fraction of sp³-hybridized carbons (Fsp3) is 0.0588. The lowest BCUT2D eigenvalue weighted by molar-refractivity contribution is -0.388. The number of rotatable bonds is 3. The molecule has 154 valence electrons. The van der Waals surface area contributed by atoms with Gasteiger partial charge < -0.3 is 10.2 Å². The molecule has 0 saturated carbocycles. The van der Waals surface area contributed by atoms with Crippen LogP contribution in [0.3, 0.4) is 0 Å². The number of carbonyl (C=O) groups excluding carboxylic acids is 3. The van der Waals surface area contributed by atoms with E-state index in [9.17, 15) is 42.1 Å². The molecule has 30 heavy (non-hydrogen) atoms. The maximum atomic E-state index is 14.2. The molecular weight excluding hydrogens is 418 g/mol. The monoisotopic (exact) mass is 425 g/mol. The summed E-state index contributed by atoms with van der Waals surface area (Å²) < 4.78 is 53.1. The van der Waals surface area contributed by atoms with Gasteiger partial charge in [-0.2, -0.15) is 17.6 Å². The number of alkyl halides is 3. The normalized spacial score (nSPS) is 14.9. The molecule has 2 aromatic rings. The molecule has 2 aromatic carbocycles. The van der Waals surface area contributed by atoms with E-state index in [0.29, 0.717) is 0 Å². The lowest BCUT2D eigenvalue weighted by Crippen LogP contribution is -2.37. The first kappa shape index (κ1) is 20.6. The summed E-state index contributed by atoms with van der Waals surface area (Å²) >= 11 is 0. The number of oxime groups is 1. The van der Waals surface area contributed by atoms with E-state index >= 15 is 0 Å². The van der Waals surface area contributed by atoms with Gasteiger partial charge in [0.15, 0.2) is 0 Å². The molecule has 1 heterocycles. The third-order valence-corrected chi connectivity index (χ3v) is 3.86. The number of anilines is 1. The molecule has 0 unspecified atom stereocenters. The van der Waals surface area contributed by atoms with Crippen LogP contribution < -0.4 is 5.32 Å². The maximum absolute atomic E-state index is 14.2. The zero-order chi connectivity index (χ0) is 22.2. The predicted molar refractivity (Wildman–Crippen MR) is 90.3 cm³/mol. The maximum Gasteiger partial charge on any atom is 0.419 e. The molecule has 9 nitrogen and oxygen atoms in total. The zero-order valence-electron chi connectivity index (χ0n) is 14.3. The van der Waals surface area contributed by atoms with Crippen molar-refractivity contribution in [2.75, 3.05) is 5.32 Å². The van der Waals surface area contributed by atoms with Crippen LogP contribution in [0.5, 0.6) is 0 Å². The summed E-state index contributed by atoms with van der Waals surface area (Å²) in [5.74, 6) is -6.39. The molecule has 0 bridgehead atoms. The van der Waals surface area contributed by atoms with E-state index in [1.165, 1.54) is 24.3 Å². The second-order valence-corrected chi connectivity index (χ2v) is 5.73. The number of hydrogen-bond donors (Lipinski definition) is 1. The van der Waals surface area contributed by atoms with E-state index in [2.05, 4.69) is 9.99 Å². The van der Waals surface area contributed by atoms with Crippen molar-refractivity contribution in [1.29, 1.82) is 0 Å². The molecule has 0 fully saturated rings. The Kier molecular flexibility index (Phi) is 5.04. The molecule has 0 atom stereocenters. The highest BCUT2D eigenvalue weighted by molar-refractivity contribution is 6.73. The van der Waals surface area contributed by atoms with Crippen LogP contribution >= 0.6 is 0 Å². The Balaban J connectivity index is 2.07. The van der Waals surface area contributed by atoms with E-state index in [4.69, 9.17) is 0 Å². The Bertz CT molecular complexity index is 1130. The minimum absolute atomic E-state index is 0.0160. The molecule has 3 rings (SSSR count). The Hall–Kier alpha value is -4.16. The summed E-state index contributed by atoms with van der Waals surface area (Å²) in [5, 5.41) is 16.0. The number of fused-ring (bicyclic) bond motifs is 1. The van der Waals surface area contributed by atoms with Crippen molar-refractivity contribution in [2.24, 2.45) is 5.16 Å². The van der Waals surface area contributed by atoms with Gasteiger partial charge in [-0.15, -0.1) is 0 Å². The zero-order valence-corrected chi connectivity index (χ0v) is 14.3. The molecule has 0 aromatic heterocycles. The minimum Gasteiger partial charge on any atom is -0.319 e. The number of nitrogens with zero attached hydrogens (tertiary/aromatic N) is 2. The fourth-order valence-electron chi connectivity index (χ4n) is 2.55. The number of Topliss-reactive ketones (excluding diaryl/α,β-unsaturated/α-hetero) is 1. The van der Waals surface area contributed by atoms with E-state index in [-0.39, 0.29) is 11.6 Å². The Morgan fingerprint density at radius 1 is 1.17 bits per heavy atom. The van der Waals surface area contributed by atoms with Gasteiger partial charge in [-0.3, -0.25) is 19.7 Å². The van der Waals surface area contributed by atoms with Gasteiger partial charge in [-0.25, -0.2) is 4.79 Å². The number of carbonyl (C=O) groups is 3. The molecule has 1 aliphatic heterocycles. The fourth-order valence-corrected chi connectivity index (χ4v) is 2.55. The van der Waals surface area contributed by atoms with Crippen molar-refractivity contribution in [1.82, 2.24) is 0 Å². The van der Waals surface area contributed by atoms with E-state index in [1.54, 1.807) is 11.4 Å². The number of ketones is 1. The molecule has 0 aliphatic carbocycles. The Morgan fingerprint density at radius 3 is 2.37 bits per heavy atom. The molecule has 0 radical (unpaired) electrons. The lowest BCUT2D eigenvalue weighted by atomic mass is 9.95. The predicted octanol–water partition coefficient (Wildman–Crippen LogP) is 3.10. The van der Waals surface area contributed by atoms with Crippen molar-refractivity contribution < 1.29 is 41.7 Å². The van der Waals surface area contributed by atoms with Gasteiger partial charge in [0.2, 0.25) is 17.3 Å². The minimum atomic E-state index is -5.34. The first-order valence-corrected chi connectivity index (χ1v) is 7.81. The second kappa shape index (κ2) is 7.35. The van der Waals surface area contributed by atoms with Crippen LogP contribution in [0.25, 0.3) is 0 Å². The van der Waals surface area contributed by atoms with Crippen molar-refractivity contribution in [3.63, 3.8) is 0 Å². The van der Waals surface area contributed by atoms with Crippen LogP contribution in [-0.4, -0.2) is 28.3 Å². The largest absolute Gasteiger partial charge is 0.419 e. The number of hydrogen-bond acceptors (Lipinski definition) is 7. The number of halogens is 4. The summed E-state index contributed by atoms with van der Waals surface area (Å²) in [4.78, 5) is 50.5. The molecule has 0 spiro atoms. The van der Waals surface area contributed by atoms with Gasteiger partial charge in [-0.1, -0.05) is 23.4 Å². The van der Waals surface area contributed by atoms with Crippen LogP contribution in [0.4, 0.5) is 28.9 Å². The van der Waals surface area contributed by atoms with Gasteiger partial charge in [0, 0.05) is 0 Å². The average molecular weight is 425 g/mol. The van der Waals surface area contributed by atoms with Crippen molar-refractivity contribution >= 4 is 34.7 Å². The lowest BCUT2D eigenvalue weighted by Gasteiger charge is -2.19. The van der Waals surface area contributed by atoms with Crippen LogP contribution in [-0.2, 0) is 15.8 Å². The van der Waals surface area contributed by atoms with E-state index < -0.39 is 62.8 Å². The Labute approximate surface area is 163 Å². The molecule has 1 amide bonds.